The molecule has 0 radical (unpaired) electrons. The van der Waals surface area contributed by atoms with Crippen LogP contribution in [0.4, 0.5) is 0 Å². The molecule has 0 fully saturated rings. The van der Waals surface area contributed by atoms with Crippen molar-refractivity contribution < 1.29 is 52.8 Å². The van der Waals surface area contributed by atoms with Crippen molar-refractivity contribution in [3.63, 3.8) is 0 Å². The van der Waals surface area contributed by atoms with Crippen molar-refractivity contribution in [1.29, 1.82) is 0 Å². The average molecular weight is 234 g/mol. The number of benzene rings is 2. The average Bonchev–Trinajstić information content (AvgIpc) is 2.63. The van der Waals surface area contributed by atoms with Crippen LogP contribution in [-0.4, -0.2) is 0 Å². The van der Waals surface area contributed by atoms with E-state index in [0.717, 1.165) is 0 Å². The molecule has 0 N–H and O–H groups in total. The van der Waals surface area contributed by atoms with E-state index in [-0.39, 0.29) is 52.8 Å². The number of hydrogen-bond donors (Lipinski definition) is 0. The zero-order valence-electron chi connectivity index (χ0n) is 10.9. The van der Waals surface area contributed by atoms with E-state index in [4.69, 9.17) is 0 Å². The van der Waals surface area contributed by atoms with Gasteiger partial charge in [-0.2, -0.15) is 0 Å². The van der Waals surface area contributed by atoms with Gasteiger partial charge in [-0.25, -0.2) is 0 Å². The van der Waals surface area contributed by atoms with Crippen LogP contribution in [0.15, 0.2) is 48.5 Å². The number of rotatable bonds is 1. The first-order chi connectivity index (χ1) is 7.42. The Balaban J connectivity index is 0.000000722. The third kappa shape index (κ3) is 1.85. The smallest absolute Gasteiger partial charge is 1.00 e. The van der Waals surface area contributed by atoms with Gasteiger partial charge in [0.05, 0.1) is 0 Å². The van der Waals surface area contributed by atoms with Crippen LogP contribution in [0.3, 0.4) is 0 Å². The summed E-state index contributed by atoms with van der Waals surface area (Å²) in [4.78, 5) is 0. The zero-order valence-corrected chi connectivity index (χ0v) is 13.0. The van der Waals surface area contributed by atoms with E-state index in [2.05, 4.69) is 55.5 Å². The van der Waals surface area contributed by atoms with Gasteiger partial charge in [0.2, 0.25) is 0 Å². The van der Waals surface area contributed by atoms with Gasteiger partial charge in [-0.05, 0) is 28.7 Å². The summed E-state index contributed by atoms with van der Waals surface area (Å²) >= 11 is 0. The van der Waals surface area contributed by atoms with Crippen LogP contribution in [-0.2, 0) is 0 Å². The predicted octanol–water partition coefficient (Wildman–Crippen LogP) is 1.33. The number of fused-ring (bicyclic) bond motifs is 3. The molecule has 0 atom stereocenters. The van der Waals surface area contributed by atoms with Crippen molar-refractivity contribution in [1.82, 2.24) is 0 Å². The van der Waals surface area contributed by atoms with Crippen molar-refractivity contribution in [2.45, 2.75) is 19.3 Å². The molecule has 0 heterocycles. The SMILES string of the molecule is CCC1c2ccccc2-c2ccccc21.[H-].[K+]. The molecule has 3 rings (SSSR count). The fraction of sp³-hybridized carbons (Fsp3) is 0.200. The molecule has 0 amide bonds. The molecule has 0 nitrogen and oxygen atoms in total. The summed E-state index contributed by atoms with van der Waals surface area (Å²) in [5.41, 5.74) is 5.86. The van der Waals surface area contributed by atoms with Gasteiger partial charge in [-0.3, -0.25) is 0 Å². The van der Waals surface area contributed by atoms with E-state index >= 15 is 0 Å². The Morgan fingerprint density at radius 3 is 1.75 bits per heavy atom. The van der Waals surface area contributed by atoms with Gasteiger partial charge in [0, 0.05) is 5.92 Å². The van der Waals surface area contributed by atoms with Crippen molar-refractivity contribution in [3.8, 4) is 11.1 Å². The van der Waals surface area contributed by atoms with Gasteiger partial charge < -0.3 is 1.43 Å². The topological polar surface area (TPSA) is 0 Å². The van der Waals surface area contributed by atoms with Crippen LogP contribution in [0.5, 0.6) is 0 Å². The summed E-state index contributed by atoms with van der Waals surface area (Å²) < 4.78 is 0. The maximum Gasteiger partial charge on any atom is 1.00 e. The summed E-state index contributed by atoms with van der Waals surface area (Å²) in [6.07, 6.45) is 1.19. The van der Waals surface area contributed by atoms with Crippen LogP contribution in [0.25, 0.3) is 11.1 Å². The molecule has 16 heavy (non-hydrogen) atoms. The molecule has 0 aliphatic heterocycles. The minimum absolute atomic E-state index is 0. The molecular weight excluding hydrogens is 219 g/mol. The maximum absolute atomic E-state index is 2.27. The molecule has 0 bridgehead atoms. The second-order valence-corrected chi connectivity index (χ2v) is 4.14. The minimum atomic E-state index is 0. The molecule has 76 valence electrons. The van der Waals surface area contributed by atoms with Gasteiger partial charge in [0.25, 0.3) is 0 Å². The summed E-state index contributed by atoms with van der Waals surface area (Å²) in [5, 5.41) is 0. The summed E-state index contributed by atoms with van der Waals surface area (Å²) in [7, 11) is 0. The predicted molar refractivity (Wildman–Crippen MR) is 65.1 cm³/mol. The van der Waals surface area contributed by atoms with Gasteiger partial charge in [0.1, 0.15) is 0 Å². The van der Waals surface area contributed by atoms with Gasteiger partial charge in [-0.1, -0.05) is 55.5 Å². The Morgan fingerprint density at radius 2 is 1.31 bits per heavy atom. The molecule has 2 aromatic carbocycles. The second kappa shape index (κ2) is 5.15. The minimum Gasteiger partial charge on any atom is -1.00 e. The molecule has 0 unspecified atom stereocenters. The molecule has 1 aliphatic rings. The largest absolute Gasteiger partial charge is 1.00 e. The van der Waals surface area contributed by atoms with Crippen LogP contribution >= 0.6 is 0 Å². The summed E-state index contributed by atoms with van der Waals surface area (Å²) in [6, 6.07) is 17.6. The zero-order chi connectivity index (χ0) is 10.3. The molecule has 2 aromatic rings. The second-order valence-electron chi connectivity index (χ2n) is 4.14. The van der Waals surface area contributed by atoms with Crippen molar-refractivity contribution in [2.75, 3.05) is 0 Å². The Labute approximate surface area is 141 Å². The van der Waals surface area contributed by atoms with E-state index in [0.29, 0.717) is 5.92 Å². The fourth-order valence-electron chi connectivity index (χ4n) is 2.70. The third-order valence-corrected chi connectivity index (χ3v) is 3.37. The number of hydrogen-bond acceptors (Lipinski definition) is 0. The van der Waals surface area contributed by atoms with E-state index < -0.39 is 0 Å². The van der Waals surface area contributed by atoms with E-state index in [1.807, 2.05) is 0 Å². The monoisotopic (exact) mass is 234 g/mol. The van der Waals surface area contributed by atoms with E-state index in [9.17, 15) is 0 Å². The summed E-state index contributed by atoms with van der Waals surface area (Å²) in [5.74, 6) is 0.609. The van der Waals surface area contributed by atoms with Crippen LogP contribution in [0.1, 0.15) is 31.8 Å². The fourth-order valence-corrected chi connectivity index (χ4v) is 2.70. The molecule has 1 aliphatic carbocycles. The molecule has 1 heteroatoms. The van der Waals surface area contributed by atoms with Gasteiger partial charge in [-0.15, -0.1) is 0 Å². The van der Waals surface area contributed by atoms with Crippen LogP contribution < -0.4 is 51.4 Å². The van der Waals surface area contributed by atoms with Crippen LogP contribution in [0, 0.1) is 0 Å². The quantitative estimate of drug-likeness (QED) is 0.653. The van der Waals surface area contributed by atoms with Crippen molar-refractivity contribution >= 4 is 0 Å². The van der Waals surface area contributed by atoms with Gasteiger partial charge in [0.15, 0.2) is 0 Å². The Kier molecular flexibility index (Phi) is 4.04. The van der Waals surface area contributed by atoms with Crippen molar-refractivity contribution in [3.05, 3.63) is 59.7 Å². The first kappa shape index (κ1) is 12.5. The van der Waals surface area contributed by atoms with E-state index in [1.54, 1.807) is 0 Å². The molecule has 0 saturated carbocycles. The normalized spacial score (nSPS) is 12.8. The standard InChI is InChI=1S/C15H14.K.H/c1-2-11-12-7-3-5-9-14(12)15-10-6-4-8-13(11)15;;/h3-11H,2H2,1H3;;/q;+1;-1. The molecular formula is C15H15K. The molecule has 0 aromatic heterocycles. The third-order valence-electron chi connectivity index (χ3n) is 3.37. The first-order valence-corrected chi connectivity index (χ1v) is 5.60. The van der Waals surface area contributed by atoms with Crippen LogP contribution in [0.2, 0.25) is 0 Å². The van der Waals surface area contributed by atoms with E-state index in [1.165, 1.54) is 28.7 Å². The Bertz CT molecular complexity index is 462. The first-order valence-electron chi connectivity index (χ1n) is 5.60. The Morgan fingerprint density at radius 1 is 0.875 bits per heavy atom. The molecule has 0 saturated heterocycles. The summed E-state index contributed by atoms with van der Waals surface area (Å²) in [6.45, 7) is 2.27. The van der Waals surface area contributed by atoms with Crippen molar-refractivity contribution in [2.24, 2.45) is 0 Å². The molecule has 0 spiro atoms. The maximum atomic E-state index is 2.27. The van der Waals surface area contributed by atoms with Gasteiger partial charge >= 0.3 is 51.4 Å². The Hall–Kier alpha value is 0.0764.